The number of fused-ring (bicyclic) bond motifs is 2. The summed E-state index contributed by atoms with van der Waals surface area (Å²) < 4.78 is 44.9. The summed E-state index contributed by atoms with van der Waals surface area (Å²) in [5.41, 5.74) is 1.01. The zero-order valence-corrected chi connectivity index (χ0v) is 21.3. The third kappa shape index (κ3) is 4.74. The van der Waals surface area contributed by atoms with Crippen LogP contribution in [0.25, 0.3) is 11.0 Å². The molecule has 5 rings (SSSR count). The van der Waals surface area contributed by atoms with E-state index < -0.39 is 29.0 Å². The summed E-state index contributed by atoms with van der Waals surface area (Å²) in [5, 5.41) is 0.0470. The Kier molecular flexibility index (Phi) is 6.89. The Morgan fingerprint density at radius 3 is 2.39 bits per heavy atom. The van der Waals surface area contributed by atoms with Gasteiger partial charge in [0.1, 0.15) is 17.2 Å². The standard InChI is InChI=1S/C30H27F2NO5/c1-17(2)12-13-37-24-10-6-19(14-25(24)36-3)27-26-28(34)22-15-21(32)9-11-23(22)38-29(26)30(35)33(27)16-18-4-7-20(31)8-5-18/h4-11,14-15,17,27H,12-13,16H2,1-3H3. The molecule has 4 aromatic rings. The van der Waals surface area contributed by atoms with E-state index in [4.69, 9.17) is 13.9 Å². The number of rotatable bonds is 8. The molecule has 2 heterocycles. The Morgan fingerprint density at radius 1 is 0.947 bits per heavy atom. The lowest BCUT2D eigenvalue weighted by Crippen LogP contribution is -2.29. The third-order valence-electron chi connectivity index (χ3n) is 6.65. The molecular formula is C30H27F2NO5. The lowest BCUT2D eigenvalue weighted by atomic mass is 9.97. The zero-order valence-electron chi connectivity index (χ0n) is 21.3. The van der Waals surface area contributed by atoms with Crippen molar-refractivity contribution in [2.45, 2.75) is 32.9 Å². The lowest BCUT2D eigenvalue weighted by molar-refractivity contribution is 0.0714. The monoisotopic (exact) mass is 519 g/mol. The smallest absolute Gasteiger partial charge is 0.291 e. The first-order valence-electron chi connectivity index (χ1n) is 12.4. The predicted octanol–water partition coefficient (Wildman–Crippen LogP) is 6.25. The number of hydrogen-bond donors (Lipinski definition) is 0. The largest absolute Gasteiger partial charge is 0.493 e. The quantitative estimate of drug-likeness (QED) is 0.275. The molecule has 38 heavy (non-hydrogen) atoms. The summed E-state index contributed by atoms with van der Waals surface area (Å²) in [4.78, 5) is 28.8. The summed E-state index contributed by atoms with van der Waals surface area (Å²) in [5.74, 6) is -0.113. The Bertz CT molecular complexity index is 1560. The Hall–Kier alpha value is -4.20. The maximum Gasteiger partial charge on any atom is 0.291 e. The maximum absolute atomic E-state index is 14.0. The molecule has 0 radical (unpaired) electrons. The molecule has 1 atom stereocenters. The van der Waals surface area contributed by atoms with Gasteiger partial charge >= 0.3 is 0 Å². The van der Waals surface area contributed by atoms with Gasteiger partial charge in [0, 0.05) is 6.54 Å². The highest BCUT2D eigenvalue weighted by molar-refractivity contribution is 5.99. The van der Waals surface area contributed by atoms with Crippen LogP contribution in [-0.2, 0) is 6.54 Å². The van der Waals surface area contributed by atoms with Crippen molar-refractivity contribution in [1.82, 2.24) is 4.90 Å². The first kappa shape index (κ1) is 25.4. The van der Waals surface area contributed by atoms with Crippen LogP contribution < -0.4 is 14.9 Å². The second kappa shape index (κ2) is 10.3. The van der Waals surface area contributed by atoms with Crippen LogP contribution in [-0.4, -0.2) is 24.5 Å². The number of benzene rings is 3. The second-order valence-electron chi connectivity index (χ2n) is 9.72. The van der Waals surface area contributed by atoms with Crippen LogP contribution in [0.5, 0.6) is 11.5 Å². The minimum Gasteiger partial charge on any atom is -0.493 e. The van der Waals surface area contributed by atoms with Crippen molar-refractivity contribution in [3.8, 4) is 11.5 Å². The number of nitrogens with zero attached hydrogens (tertiary/aromatic N) is 1. The van der Waals surface area contributed by atoms with Crippen LogP contribution >= 0.6 is 0 Å². The number of hydrogen-bond acceptors (Lipinski definition) is 5. The van der Waals surface area contributed by atoms with Gasteiger partial charge in [-0.05, 0) is 65.9 Å². The molecule has 1 amide bonds. The summed E-state index contributed by atoms with van der Waals surface area (Å²) in [6.45, 7) is 4.81. The Labute approximate surface area is 218 Å². The minimum absolute atomic E-state index is 0.0470. The van der Waals surface area contributed by atoms with E-state index in [1.54, 1.807) is 30.3 Å². The molecule has 1 aromatic heterocycles. The van der Waals surface area contributed by atoms with Crippen LogP contribution in [0.3, 0.4) is 0 Å². The molecule has 0 bridgehead atoms. The first-order chi connectivity index (χ1) is 18.3. The van der Waals surface area contributed by atoms with Crippen LogP contribution in [0, 0.1) is 17.6 Å². The molecule has 6 nitrogen and oxygen atoms in total. The predicted molar refractivity (Wildman–Crippen MR) is 139 cm³/mol. The molecule has 0 saturated heterocycles. The summed E-state index contributed by atoms with van der Waals surface area (Å²) >= 11 is 0. The average Bonchev–Trinajstić information content (AvgIpc) is 3.17. The van der Waals surface area contributed by atoms with E-state index in [0.717, 1.165) is 12.5 Å². The SMILES string of the molecule is COc1cc(C2c3c(oc4ccc(F)cc4c3=O)C(=O)N2Cc2ccc(F)cc2)ccc1OCCC(C)C. The average molecular weight is 520 g/mol. The number of carbonyl (C=O) groups excluding carboxylic acids is 1. The van der Waals surface area contributed by atoms with Crippen molar-refractivity contribution >= 4 is 16.9 Å². The fourth-order valence-corrected chi connectivity index (χ4v) is 4.67. The van der Waals surface area contributed by atoms with E-state index >= 15 is 0 Å². The van der Waals surface area contributed by atoms with Gasteiger partial charge in [0.15, 0.2) is 16.9 Å². The first-order valence-corrected chi connectivity index (χ1v) is 12.4. The third-order valence-corrected chi connectivity index (χ3v) is 6.65. The van der Waals surface area contributed by atoms with Gasteiger partial charge in [-0.15, -0.1) is 0 Å². The molecule has 0 N–H and O–H groups in total. The summed E-state index contributed by atoms with van der Waals surface area (Å²) in [6.07, 6.45) is 0.867. The molecule has 0 saturated carbocycles. The van der Waals surface area contributed by atoms with Gasteiger partial charge in [0.2, 0.25) is 5.76 Å². The fourth-order valence-electron chi connectivity index (χ4n) is 4.67. The second-order valence-corrected chi connectivity index (χ2v) is 9.72. The molecular weight excluding hydrogens is 492 g/mol. The van der Waals surface area contributed by atoms with Gasteiger partial charge in [-0.3, -0.25) is 9.59 Å². The highest BCUT2D eigenvalue weighted by Gasteiger charge is 2.43. The topological polar surface area (TPSA) is 69.0 Å². The van der Waals surface area contributed by atoms with E-state index in [0.29, 0.717) is 35.2 Å². The summed E-state index contributed by atoms with van der Waals surface area (Å²) in [7, 11) is 1.52. The highest BCUT2D eigenvalue weighted by atomic mass is 19.1. The minimum atomic E-state index is -0.843. The van der Waals surface area contributed by atoms with Crippen LogP contribution in [0.4, 0.5) is 8.78 Å². The molecule has 0 fully saturated rings. The van der Waals surface area contributed by atoms with Crippen molar-refractivity contribution in [1.29, 1.82) is 0 Å². The van der Waals surface area contributed by atoms with Gasteiger partial charge in [-0.2, -0.15) is 0 Å². The maximum atomic E-state index is 14.0. The Balaban J connectivity index is 1.63. The van der Waals surface area contributed by atoms with Crippen LogP contribution in [0.2, 0.25) is 0 Å². The number of methoxy groups -OCH3 is 1. The lowest BCUT2D eigenvalue weighted by Gasteiger charge is -2.26. The Morgan fingerprint density at radius 2 is 1.68 bits per heavy atom. The molecule has 1 aliphatic heterocycles. The van der Waals surface area contributed by atoms with Crippen molar-refractivity contribution in [3.63, 3.8) is 0 Å². The van der Waals surface area contributed by atoms with E-state index in [9.17, 15) is 18.4 Å². The van der Waals surface area contributed by atoms with E-state index in [1.165, 1.54) is 36.3 Å². The van der Waals surface area contributed by atoms with Crippen LogP contribution in [0.1, 0.15) is 53.6 Å². The van der Waals surface area contributed by atoms with E-state index in [1.807, 2.05) is 0 Å². The molecule has 1 aliphatic rings. The normalized spacial score (nSPS) is 14.8. The molecule has 3 aromatic carbocycles. The highest BCUT2D eigenvalue weighted by Crippen LogP contribution is 2.41. The van der Waals surface area contributed by atoms with Gasteiger partial charge in [0.25, 0.3) is 5.91 Å². The summed E-state index contributed by atoms with van der Waals surface area (Å²) in [6, 6.07) is 13.8. The van der Waals surface area contributed by atoms with Gasteiger partial charge in [0.05, 0.1) is 30.7 Å². The fraction of sp³-hybridized carbons (Fsp3) is 0.267. The number of ether oxygens (including phenoxy) is 2. The van der Waals surface area contributed by atoms with Crippen molar-refractivity contribution < 1.29 is 27.5 Å². The van der Waals surface area contributed by atoms with Gasteiger partial charge in [-0.1, -0.05) is 32.0 Å². The van der Waals surface area contributed by atoms with Crippen molar-refractivity contribution in [2.75, 3.05) is 13.7 Å². The molecule has 0 aliphatic carbocycles. The van der Waals surface area contributed by atoms with E-state index in [2.05, 4.69) is 13.8 Å². The van der Waals surface area contributed by atoms with Crippen molar-refractivity contribution in [2.24, 2.45) is 5.92 Å². The molecule has 196 valence electrons. The van der Waals surface area contributed by atoms with Crippen LogP contribution in [0.15, 0.2) is 69.9 Å². The van der Waals surface area contributed by atoms with E-state index in [-0.39, 0.29) is 28.8 Å². The number of carbonyl (C=O) groups is 1. The zero-order chi connectivity index (χ0) is 27.0. The molecule has 1 unspecified atom stereocenters. The molecule has 0 spiro atoms. The number of halogens is 2. The van der Waals surface area contributed by atoms with Gasteiger partial charge < -0.3 is 18.8 Å². The molecule has 8 heteroatoms. The van der Waals surface area contributed by atoms with Gasteiger partial charge in [-0.25, -0.2) is 8.78 Å². The van der Waals surface area contributed by atoms with Crippen molar-refractivity contribution in [3.05, 3.63) is 105 Å². The number of amides is 1.